The van der Waals surface area contributed by atoms with Gasteiger partial charge in [-0.25, -0.2) is 8.42 Å². The highest BCUT2D eigenvalue weighted by atomic mass is 32.2. The van der Waals surface area contributed by atoms with Crippen molar-refractivity contribution < 1.29 is 13.2 Å². The standard InChI is InChI=1S/C21H24N2O3S/c1-23(27(25,26)19-5-3-2-4-6-19)18-11-9-16(10-12-18)21(24)22-20-14-15-7-8-17(20)13-15/h2-6,9-12,15,17,20H,7-8,13-14H2,1H3,(H,22,24). The van der Waals surface area contributed by atoms with Crippen LogP contribution in [0, 0.1) is 11.8 Å². The molecule has 6 heteroatoms. The van der Waals surface area contributed by atoms with Crippen molar-refractivity contribution in [1.82, 2.24) is 5.32 Å². The molecule has 3 atom stereocenters. The molecule has 1 N–H and O–H groups in total. The first-order valence-corrected chi connectivity index (χ1v) is 10.8. The van der Waals surface area contributed by atoms with Crippen LogP contribution in [0.5, 0.6) is 0 Å². The second kappa shape index (κ2) is 7.00. The van der Waals surface area contributed by atoms with Crippen LogP contribution in [0.4, 0.5) is 5.69 Å². The average Bonchev–Trinajstić information content (AvgIpc) is 3.31. The van der Waals surface area contributed by atoms with E-state index in [9.17, 15) is 13.2 Å². The Morgan fingerprint density at radius 2 is 1.70 bits per heavy atom. The zero-order valence-corrected chi connectivity index (χ0v) is 16.2. The van der Waals surface area contributed by atoms with E-state index in [4.69, 9.17) is 0 Å². The van der Waals surface area contributed by atoms with Gasteiger partial charge in [-0.05, 0) is 67.5 Å². The first-order chi connectivity index (χ1) is 12.9. The minimum atomic E-state index is -3.62. The second-order valence-corrected chi connectivity index (χ2v) is 9.56. The number of carbonyl (C=O) groups excluding carboxylic acids is 1. The quantitative estimate of drug-likeness (QED) is 0.859. The highest BCUT2D eigenvalue weighted by Crippen LogP contribution is 2.44. The summed E-state index contributed by atoms with van der Waals surface area (Å²) in [4.78, 5) is 12.8. The number of hydrogen-bond donors (Lipinski definition) is 1. The molecule has 142 valence electrons. The van der Waals surface area contributed by atoms with Crippen molar-refractivity contribution in [3.63, 3.8) is 0 Å². The van der Waals surface area contributed by atoms with Gasteiger partial charge in [-0.15, -0.1) is 0 Å². The third-order valence-corrected chi connectivity index (χ3v) is 7.75. The molecule has 2 aliphatic carbocycles. The summed E-state index contributed by atoms with van der Waals surface area (Å²) in [6.45, 7) is 0. The summed E-state index contributed by atoms with van der Waals surface area (Å²) < 4.78 is 26.6. The van der Waals surface area contributed by atoms with Crippen LogP contribution in [0.15, 0.2) is 59.5 Å². The molecule has 0 saturated heterocycles. The maximum Gasteiger partial charge on any atom is 0.264 e. The fourth-order valence-electron chi connectivity index (χ4n) is 4.39. The van der Waals surface area contributed by atoms with E-state index in [0.717, 1.165) is 12.3 Å². The number of rotatable bonds is 5. The van der Waals surface area contributed by atoms with E-state index in [1.165, 1.54) is 30.6 Å². The highest BCUT2D eigenvalue weighted by molar-refractivity contribution is 7.92. The largest absolute Gasteiger partial charge is 0.349 e. The van der Waals surface area contributed by atoms with Crippen molar-refractivity contribution in [3.05, 3.63) is 60.2 Å². The Morgan fingerprint density at radius 1 is 1.00 bits per heavy atom. The first kappa shape index (κ1) is 18.0. The molecule has 2 saturated carbocycles. The van der Waals surface area contributed by atoms with Gasteiger partial charge in [0, 0.05) is 18.7 Å². The van der Waals surface area contributed by atoms with Gasteiger partial charge in [0.15, 0.2) is 0 Å². The lowest BCUT2D eigenvalue weighted by atomic mass is 9.95. The van der Waals surface area contributed by atoms with Gasteiger partial charge in [-0.2, -0.15) is 0 Å². The lowest BCUT2D eigenvalue weighted by Crippen LogP contribution is -2.38. The van der Waals surface area contributed by atoms with Crippen molar-refractivity contribution in [2.75, 3.05) is 11.4 Å². The Kier molecular flexibility index (Phi) is 4.68. The molecular formula is C21H24N2O3S. The van der Waals surface area contributed by atoms with E-state index in [-0.39, 0.29) is 16.8 Å². The molecule has 2 aromatic carbocycles. The first-order valence-electron chi connectivity index (χ1n) is 9.40. The predicted molar refractivity (Wildman–Crippen MR) is 105 cm³/mol. The van der Waals surface area contributed by atoms with Gasteiger partial charge >= 0.3 is 0 Å². The van der Waals surface area contributed by atoms with Crippen LogP contribution in [0.3, 0.4) is 0 Å². The average molecular weight is 385 g/mol. The fourth-order valence-corrected chi connectivity index (χ4v) is 5.60. The molecule has 2 fully saturated rings. The van der Waals surface area contributed by atoms with E-state index >= 15 is 0 Å². The summed E-state index contributed by atoms with van der Waals surface area (Å²) in [6, 6.07) is 15.3. The molecule has 1 amide bonds. The fraction of sp³-hybridized carbons (Fsp3) is 0.381. The molecule has 27 heavy (non-hydrogen) atoms. The maximum atomic E-state index is 12.7. The molecule has 3 unspecified atom stereocenters. The summed E-state index contributed by atoms with van der Waals surface area (Å²) >= 11 is 0. The summed E-state index contributed by atoms with van der Waals surface area (Å²) in [5, 5.41) is 3.16. The Morgan fingerprint density at radius 3 is 2.30 bits per heavy atom. The van der Waals surface area contributed by atoms with Crippen molar-refractivity contribution in [1.29, 1.82) is 0 Å². The third-order valence-electron chi connectivity index (χ3n) is 5.95. The molecule has 2 aliphatic rings. The van der Waals surface area contributed by atoms with E-state index in [0.29, 0.717) is 17.2 Å². The van der Waals surface area contributed by atoms with Crippen LogP contribution in [-0.4, -0.2) is 27.4 Å². The summed E-state index contributed by atoms with van der Waals surface area (Å²) in [5.74, 6) is 1.33. The van der Waals surface area contributed by atoms with Gasteiger partial charge in [-0.3, -0.25) is 9.10 Å². The molecule has 0 heterocycles. The minimum absolute atomic E-state index is 0.0762. The van der Waals surface area contributed by atoms with Crippen LogP contribution in [0.25, 0.3) is 0 Å². The summed E-state index contributed by atoms with van der Waals surface area (Å²) in [7, 11) is -2.10. The number of nitrogens with zero attached hydrogens (tertiary/aromatic N) is 1. The highest BCUT2D eigenvalue weighted by Gasteiger charge is 2.40. The van der Waals surface area contributed by atoms with Crippen molar-refractivity contribution >= 4 is 21.6 Å². The number of hydrogen-bond acceptors (Lipinski definition) is 3. The second-order valence-electron chi connectivity index (χ2n) is 7.59. The molecule has 0 radical (unpaired) electrons. The monoisotopic (exact) mass is 384 g/mol. The third kappa shape index (κ3) is 3.46. The summed E-state index contributed by atoms with van der Waals surface area (Å²) in [5.41, 5.74) is 1.09. The normalized spacial score (nSPS) is 24.0. The van der Waals surface area contributed by atoms with E-state index in [2.05, 4.69) is 5.32 Å². The SMILES string of the molecule is CN(c1ccc(C(=O)NC2CC3CCC2C3)cc1)S(=O)(=O)c1ccccc1. The maximum absolute atomic E-state index is 12.7. The van der Waals surface area contributed by atoms with E-state index in [1.54, 1.807) is 54.6 Å². The van der Waals surface area contributed by atoms with Gasteiger partial charge < -0.3 is 5.32 Å². The smallest absolute Gasteiger partial charge is 0.264 e. The molecule has 0 aliphatic heterocycles. The van der Waals surface area contributed by atoms with Gasteiger partial charge in [0.25, 0.3) is 15.9 Å². The molecule has 0 aromatic heterocycles. The number of fused-ring (bicyclic) bond motifs is 2. The lowest BCUT2D eigenvalue weighted by Gasteiger charge is -2.23. The zero-order chi connectivity index (χ0) is 19.0. The molecule has 2 aromatic rings. The Labute approximate surface area is 160 Å². The zero-order valence-electron chi connectivity index (χ0n) is 15.3. The molecular weight excluding hydrogens is 360 g/mol. The number of carbonyl (C=O) groups is 1. The topological polar surface area (TPSA) is 66.5 Å². The summed E-state index contributed by atoms with van der Waals surface area (Å²) in [6.07, 6.45) is 4.85. The number of benzene rings is 2. The Bertz CT molecular complexity index is 926. The molecule has 4 rings (SSSR count). The van der Waals surface area contributed by atoms with Gasteiger partial charge in [0.05, 0.1) is 10.6 Å². The lowest BCUT2D eigenvalue weighted by molar-refractivity contribution is 0.0923. The van der Waals surface area contributed by atoms with Gasteiger partial charge in [0.2, 0.25) is 0 Å². The predicted octanol–water partition coefficient (Wildman–Crippen LogP) is 3.43. The van der Waals surface area contributed by atoms with Crippen LogP contribution in [0.1, 0.15) is 36.0 Å². The number of amides is 1. The van der Waals surface area contributed by atoms with Crippen molar-refractivity contribution in [2.45, 2.75) is 36.6 Å². The van der Waals surface area contributed by atoms with Crippen molar-refractivity contribution in [2.24, 2.45) is 11.8 Å². The van der Waals surface area contributed by atoms with Crippen LogP contribution < -0.4 is 9.62 Å². The molecule has 5 nitrogen and oxygen atoms in total. The van der Waals surface area contributed by atoms with Crippen LogP contribution >= 0.6 is 0 Å². The van der Waals surface area contributed by atoms with Crippen molar-refractivity contribution in [3.8, 4) is 0 Å². The van der Waals surface area contributed by atoms with Gasteiger partial charge in [0.1, 0.15) is 0 Å². The van der Waals surface area contributed by atoms with E-state index < -0.39 is 10.0 Å². The van der Waals surface area contributed by atoms with Crippen LogP contribution in [0.2, 0.25) is 0 Å². The number of nitrogens with one attached hydrogen (secondary N) is 1. The Balaban J connectivity index is 1.46. The van der Waals surface area contributed by atoms with Crippen LogP contribution in [-0.2, 0) is 10.0 Å². The molecule has 0 spiro atoms. The number of sulfonamides is 1. The number of anilines is 1. The van der Waals surface area contributed by atoms with E-state index in [1.807, 2.05) is 0 Å². The van der Waals surface area contributed by atoms with Gasteiger partial charge in [-0.1, -0.05) is 24.6 Å². The molecule has 2 bridgehead atoms. The Hall–Kier alpha value is -2.34. The minimum Gasteiger partial charge on any atom is -0.349 e.